The third-order valence-corrected chi connectivity index (χ3v) is 7.20. The van der Waals surface area contributed by atoms with Gasteiger partial charge in [-0.25, -0.2) is 12.7 Å². The topological polar surface area (TPSA) is 75.7 Å². The molecule has 1 saturated heterocycles. The van der Waals surface area contributed by atoms with Crippen LogP contribution in [0.3, 0.4) is 0 Å². The van der Waals surface area contributed by atoms with Crippen LogP contribution in [-0.4, -0.2) is 57.2 Å². The molecule has 1 amide bonds. The number of nitrogens with zero attached hydrogens (tertiary/aromatic N) is 1. The molecule has 6 nitrogen and oxygen atoms in total. The summed E-state index contributed by atoms with van der Waals surface area (Å²) >= 11 is 0. The molecule has 1 aliphatic carbocycles. The molecule has 1 N–H and O–H groups in total. The number of sulfonamides is 1. The van der Waals surface area contributed by atoms with Crippen LogP contribution in [0.1, 0.15) is 46.0 Å². The highest BCUT2D eigenvalue weighted by molar-refractivity contribution is 7.88. The van der Waals surface area contributed by atoms with Crippen molar-refractivity contribution in [2.75, 3.05) is 26.5 Å². The van der Waals surface area contributed by atoms with Crippen LogP contribution < -0.4 is 5.32 Å². The Morgan fingerprint density at radius 1 is 1.35 bits per heavy atom. The van der Waals surface area contributed by atoms with Crippen LogP contribution in [0, 0.1) is 11.3 Å². The van der Waals surface area contributed by atoms with Crippen LogP contribution in [0.2, 0.25) is 0 Å². The van der Waals surface area contributed by atoms with E-state index in [0.29, 0.717) is 13.1 Å². The Bertz CT molecular complexity index is 530. The summed E-state index contributed by atoms with van der Waals surface area (Å²) in [6, 6.07) is 0.128. The number of hydrogen-bond donors (Lipinski definition) is 1. The second-order valence-electron chi connectivity index (χ2n) is 6.92. The van der Waals surface area contributed by atoms with Crippen LogP contribution in [0.15, 0.2) is 0 Å². The molecule has 0 aromatic carbocycles. The zero-order valence-corrected chi connectivity index (χ0v) is 15.5. The molecule has 2 aliphatic rings. The van der Waals surface area contributed by atoms with Gasteiger partial charge in [0.1, 0.15) is 0 Å². The first kappa shape index (κ1) is 18.7. The van der Waals surface area contributed by atoms with E-state index in [1.54, 1.807) is 7.11 Å². The molecule has 23 heavy (non-hydrogen) atoms. The second-order valence-corrected chi connectivity index (χ2v) is 8.90. The van der Waals surface area contributed by atoms with Gasteiger partial charge < -0.3 is 10.1 Å². The Labute approximate surface area is 140 Å². The van der Waals surface area contributed by atoms with Gasteiger partial charge in [0.25, 0.3) is 0 Å². The lowest BCUT2D eigenvalue weighted by atomic mass is 9.58. The number of amides is 1. The van der Waals surface area contributed by atoms with E-state index in [-0.39, 0.29) is 29.4 Å². The van der Waals surface area contributed by atoms with Crippen molar-refractivity contribution in [3.8, 4) is 0 Å². The molecule has 0 spiro atoms. The van der Waals surface area contributed by atoms with Crippen LogP contribution in [0.5, 0.6) is 0 Å². The summed E-state index contributed by atoms with van der Waals surface area (Å²) in [5.41, 5.74) is 0.00952. The molecule has 3 atom stereocenters. The van der Waals surface area contributed by atoms with Gasteiger partial charge in [0.15, 0.2) is 0 Å². The third kappa shape index (κ3) is 3.56. The average Bonchev–Trinajstić information content (AvgIpc) is 2.51. The van der Waals surface area contributed by atoms with Crippen LogP contribution >= 0.6 is 0 Å². The van der Waals surface area contributed by atoms with Crippen molar-refractivity contribution in [3.05, 3.63) is 0 Å². The maximum atomic E-state index is 12.6. The van der Waals surface area contributed by atoms with Crippen LogP contribution in [-0.2, 0) is 19.6 Å². The summed E-state index contributed by atoms with van der Waals surface area (Å²) in [5, 5.41) is 3.17. The number of piperidine rings is 1. The normalized spacial score (nSPS) is 31.4. The van der Waals surface area contributed by atoms with Crippen molar-refractivity contribution >= 4 is 15.9 Å². The molecular formula is C16H30N2O4S. The molecule has 1 heterocycles. The largest absolute Gasteiger partial charge is 0.381 e. The Hall–Kier alpha value is -0.660. The molecule has 2 fully saturated rings. The predicted octanol–water partition coefficient (Wildman–Crippen LogP) is 1.37. The number of carbonyl (C=O) groups excluding carboxylic acids is 1. The quantitative estimate of drug-likeness (QED) is 0.788. The summed E-state index contributed by atoms with van der Waals surface area (Å²) in [5.74, 6) is -0.254. The average molecular weight is 346 g/mol. The van der Waals surface area contributed by atoms with Gasteiger partial charge in [-0.1, -0.05) is 13.8 Å². The minimum Gasteiger partial charge on any atom is -0.381 e. The van der Waals surface area contributed by atoms with Gasteiger partial charge in [-0.3, -0.25) is 4.79 Å². The molecule has 7 heteroatoms. The summed E-state index contributed by atoms with van der Waals surface area (Å²) in [6.07, 6.45) is 5.67. The van der Waals surface area contributed by atoms with Gasteiger partial charge in [-0.2, -0.15) is 0 Å². The van der Waals surface area contributed by atoms with Gasteiger partial charge in [-0.15, -0.1) is 0 Å². The molecule has 1 aliphatic heterocycles. The van der Waals surface area contributed by atoms with Gasteiger partial charge in [0.2, 0.25) is 15.9 Å². The predicted molar refractivity (Wildman–Crippen MR) is 89.5 cm³/mol. The number of methoxy groups -OCH3 is 1. The maximum absolute atomic E-state index is 12.6. The third-order valence-electron chi connectivity index (χ3n) is 5.93. The fraction of sp³-hybridized carbons (Fsp3) is 0.938. The lowest BCUT2D eigenvalue weighted by Crippen LogP contribution is -2.65. The minimum atomic E-state index is -3.22. The first-order chi connectivity index (χ1) is 10.8. The Kier molecular flexibility index (Phi) is 5.74. The summed E-state index contributed by atoms with van der Waals surface area (Å²) in [7, 11) is -1.49. The van der Waals surface area contributed by atoms with E-state index < -0.39 is 10.0 Å². The Balaban J connectivity index is 1.99. The fourth-order valence-corrected chi connectivity index (χ4v) is 5.14. The van der Waals surface area contributed by atoms with Gasteiger partial charge in [0, 0.05) is 31.7 Å². The lowest BCUT2D eigenvalue weighted by molar-refractivity contribution is -0.144. The number of hydrogen-bond acceptors (Lipinski definition) is 4. The standard InChI is InChI=1S/C16H30N2O4S/c1-5-16(6-2)13(10-14(16)22-3)17-15(19)12-8-7-9-18(11-12)23(4,20)21/h12-14H,5-11H2,1-4H3,(H,17,19)/t12-,13-,14+/m1/s1. The van der Waals surface area contributed by atoms with Crippen LogP contribution in [0.25, 0.3) is 0 Å². The van der Waals surface area contributed by atoms with Gasteiger partial charge in [-0.05, 0) is 32.1 Å². The molecule has 1 saturated carbocycles. The van der Waals surface area contributed by atoms with E-state index >= 15 is 0 Å². The highest BCUT2D eigenvalue weighted by Gasteiger charge is 2.53. The molecule has 0 radical (unpaired) electrons. The summed E-state index contributed by atoms with van der Waals surface area (Å²) in [6.45, 7) is 5.10. The van der Waals surface area contributed by atoms with Crippen molar-refractivity contribution in [2.24, 2.45) is 11.3 Å². The highest BCUT2D eigenvalue weighted by atomic mass is 32.2. The monoisotopic (exact) mass is 346 g/mol. The first-order valence-corrected chi connectivity index (χ1v) is 10.4. The summed E-state index contributed by atoms with van der Waals surface area (Å²) in [4.78, 5) is 12.6. The van der Waals surface area contributed by atoms with Crippen molar-refractivity contribution < 1.29 is 17.9 Å². The maximum Gasteiger partial charge on any atom is 0.224 e. The molecular weight excluding hydrogens is 316 g/mol. The molecule has 0 aromatic rings. The highest BCUT2D eigenvalue weighted by Crippen LogP contribution is 2.48. The van der Waals surface area contributed by atoms with Crippen LogP contribution in [0.4, 0.5) is 0 Å². The van der Waals surface area contributed by atoms with Crippen molar-refractivity contribution in [2.45, 2.75) is 58.1 Å². The van der Waals surface area contributed by atoms with Gasteiger partial charge in [0.05, 0.1) is 18.3 Å². The lowest BCUT2D eigenvalue weighted by Gasteiger charge is -2.55. The smallest absolute Gasteiger partial charge is 0.224 e. The Morgan fingerprint density at radius 3 is 2.52 bits per heavy atom. The van der Waals surface area contributed by atoms with Crippen molar-refractivity contribution in [1.82, 2.24) is 9.62 Å². The molecule has 0 aromatic heterocycles. The van der Waals surface area contributed by atoms with E-state index in [1.165, 1.54) is 10.6 Å². The zero-order valence-electron chi connectivity index (χ0n) is 14.7. The SMILES string of the molecule is CCC1(CC)[C@@H](OC)C[C@H]1NC(=O)[C@@H]1CCCN(S(C)(=O)=O)C1. The molecule has 0 bridgehead atoms. The zero-order chi connectivity index (χ0) is 17.3. The fourth-order valence-electron chi connectivity index (χ4n) is 4.23. The summed E-state index contributed by atoms with van der Waals surface area (Å²) < 4.78 is 30.4. The van der Waals surface area contributed by atoms with E-state index in [9.17, 15) is 13.2 Å². The first-order valence-electron chi connectivity index (χ1n) is 8.56. The Morgan fingerprint density at radius 2 is 2.00 bits per heavy atom. The number of carbonyl (C=O) groups is 1. The van der Waals surface area contributed by atoms with E-state index in [4.69, 9.17) is 4.74 Å². The van der Waals surface area contributed by atoms with E-state index in [2.05, 4.69) is 19.2 Å². The molecule has 0 unspecified atom stereocenters. The van der Waals surface area contributed by atoms with E-state index in [0.717, 1.165) is 32.1 Å². The number of rotatable bonds is 6. The van der Waals surface area contributed by atoms with E-state index in [1.807, 2.05) is 0 Å². The second kappa shape index (κ2) is 7.07. The minimum absolute atomic E-state index is 0.00952. The number of ether oxygens (including phenoxy) is 1. The molecule has 2 rings (SSSR count). The number of nitrogens with one attached hydrogen (secondary N) is 1. The molecule has 134 valence electrons. The van der Waals surface area contributed by atoms with Crippen molar-refractivity contribution in [1.29, 1.82) is 0 Å². The van der Waals surface area contributed by atoms with Crippen molar-refractivity contribution in [3.63, 3.8) is 0 Å². The van der Waals surface area contributed by atoms with Gasteiger partial charge >= 0.3 is 0 Å².